The fourth-order valence-corrected chi connectivity index (χ4v) is 5.74. The third-order valence-electron chi connectivity index (χ3n) is 7.10. The van der Waals surface area contributed by atoms with Crippen LogP contribution in [0.5, 0.6) is 5.75 Å². The molecule has 0 bridgehead atoms. The summed E-state index contributed by atoms with van der Waals surface area (Å²) in [4.78, 5) is 15.0. The van der Waals surface area contributed by atoms with Gasteiger partial charge in [0.15, 0.2) is 0 Å². The van der Waals surface area contributed by atoms with Gasteiger partial charge in [0.05, 0.1) is 35.0 Å². The summed E-state index contributed by atoms with van der Waals surface area (Å²) < 4.78 is 7.74. The standard InChI is InChI=1S/C36H31ClN4O2S/c1-2-3-22-43-31-18-14-26(15-19-31)35-27(24-40(39-35)29-10-6-4-7-11-29)23-33-34(25-44-32-20-16-28(37)17-21-32)38-41(36(33)42)30-12-8-5-9-13-30/h4-21,23-24H,2-3,22,25H2,1H3/b33-23-. The van der Waals surface area contributed by atoms with Crippen molar-refractivity contribution in [3.8, 4) is 22.7 Å². The second-order valence-electron chi connectivity index (χ2n) is 10.2. The van der Waals surface area contributed by atoms with E-state index in [2.05, 4.69) is 6.92 Å². The van der Waals surface area contributed by atoms with Crippen LogP contribution in [-0.4, -0.2) is 33.8 Å². The number of carbonyl (C=O) groups excluding carboxylic acids is 1. The van der Waals surface area contributed by atoms with E-state index >= 15 is 0 Å². The van der Waals surface area contributed by atoms with E-state index in [0.717, 1.165) is 46.0 Å². The minimum atomic E-state index is -0.180. The lowest BCUT2D eigenvalue weighted by Gasteiger charge is -2.11. The van der Waals surface area contributed by atoms with Crippen LogP contribution in [0, 0.1) is 0 Å². The summed E-state index contributed by atoms with van der Waals surface area (Å²) in [5, 5.41) is 11.9. The Morgan fingerprint density at radius 3 is 2.23 bits per heavy atom. The van der Waals surface area contributed by atoms with Gasteiger partial charge in [0, 0.05) is 33.0 Å². The normalized spacial score (nSPS) is 13.9. The molecular formula is C36H31ClN4O2S. The number of hydrogen-bond acceptors (Lipinski definition) is 5. The van der Waals surface area contributed by atoms with Crippen molar-refractivity contribution >= 4 is 46.7 Å². The van der Waals surface area contributed by atoms with E-state index in [0.29, 0.717) is 34.4 Å². The summed E-state index contributed by atoms with van der Waals surface area (Å²) in [6.45, 7) is 2.83. The van der Waals surface area contributed by atoms with Crippen LogP contribution >= 0.6 is 23.4 Å². The van der Waals surface area contributed by atoms with E-state index in [4.69, 9.17) is 26.5 Å². The molecule has 0 aliphatic carbocycles. The number of hydrazone groups is 1. The monoisotopic (exact) mass is 618 g/mol. The molecule has 5 aromatic rings. The molecule has 0 radical (unpaired) electrons. The number of rotatable bonds is 11. The number of halogens is 1. The maximum Gasteiger partial charge on any atom is 0.280 e. The van der Waals surface area contributed by atoms with Gasteiger partial charge < -0.3 is 4.74 Å². The minimum absolute atomic E-state index is 0.180. The van der Waals surface area contributed by atoms with Gasteiger partial charge in [-0.3, -0.25) is 4.79 Å². The Morgan fingerprint density at radius 1 is 0.864 bits per heavy atom. The van der Waals surface area contributed by atoms with E-state index in [1.54, 1.807) is 11.8 Å². The van der Waals surface area contributed by atoms with Crippen LogP contribution in [0.15, 0.2) is 131 Å². The van der Waals surface area contributed by atoms with Crippen molar-refractivity contribution in [3.63, 3.8) is 0 Å². The number of anilines is 1. The smallest absolute Gasteiger partial charge is 0.280 e. The van der Waals surface area contributed by atoms with Crippen molar-refractivity contribution in [3.05, 3.63) is 132 Å². The number of benzene rings is 4. The SMILES string of the molecule is CCCCOc1ccc(-c2nn(-c3ccccc3)cc2/C=C2\C(=O)N(c3ccccc3)N=C2CSc2ccc(Cl)cc2)cc1. The molecule has 6 rings (SSSR count). The van der Waals surface area contributed by atoms with Crippen LogP contribution in [0.25, 0.3) is 23.0 Å². The van der Waals surface area contributed by atoms with Crippen molar-refractivity contribution in [2.24, 2.45) is 5.10 Å². The number of hydrogen-bond donors (Lipinski definition) is 0. The van der Waals surface area contributed by atoms with Crippen LogP contribution in [-0.2, 0) is 4.79 Å². The second kappa shape index (κ2) is 13.8. The fourth-order valence-electron chi connectivity index (χ4n) is 4.77. The Hall–Kier alpha value is -4.59. The molecule has 0 unspecified atom stereocenters. The first-order valence-corrected chi connectivity index (χ1v) is 15.9. The summed E-state index contributed by atoms with van der Waals surface area (Å²) in [6, 6.07) is 35.1. The molecule has 0 fully saturated rings. The molecule has 2 heterocycles. The molecule has 0 saturated heterocycles. The summed E-state index contributed by atoms with van der Waals surface area (Å²) in [6.07, 6.45) is 5.97. The molecule has 0 saturated carbocycles. The lowest BCUT2D eigenvalue weighted by Crippen LogP contribution is -2.21. The van der Waals surface area contributed by atoms with Gasteiger partial charge in [0.1, 0.15) is 5.75 Å². The quantitative estimate of drug-likeness (QED) is 0.0842. The molecule has 0 N–H and O–H groups in total. The Labute approximate surface area is 266 Å². The van der Waals surface area contributed by atoms with Crippen molar-refractivity contribution in [1.29, 1.82) is 0 Å². The van der Waals surface area contributed by atoms with Gasteiger partial charge in [0.25, 0.3) is 5.91 Å². The van der Waals surface area contributed by atoms with E-state index in [9.17, 15) is 4.79 Å². The summed E-state index contributed by atoms with van der Waals surface area (Å²) in [5.41, 5.74) is 5.37. The summed E-state index contributed by atoms with van der Waals surface area (Å²) in [5.74, 6) is 1.15. The number of ether oxygens (including phenoxy) is 1. The van der Waals surface area contributed by atoms with E-state index in [-0.39, 0.29) is 5.91 Å². The number of unbranched alkanes of at least 4 members (excludes halogenated alkanes) is 1. The largest absolute Gasteiger partial charge is 0.494 e. The number of amides is 1. The third kappa shape index (κ3) is 6.80. The molecule has 8 heteroatoms. The van der Waals surface area contributed by atoms with Crippen LogP contribution < -0.4 is 9.75 Å². The van der Waals surface area contributed by atoms with Crippen molar-refractivity contribution in [2.45, 2.75) is 24.7 Å². The molecule has 4 aromatic carbocycles. The summed E-state index contributed by atoms with van der Waals surface area (Å²) in [7, 11) is 0. The number of para-hydroxylation sites is 2. The first-order chi connectivity index (χ1) is 21.6. The topological polar surface area (TPSA) is 59.7 Å². The number of thioether (sulfide) groups is 1. The third-order valence-corrected chi connectivity index (χ3v) is 8.38. The van der Waals surface area contributed by atoms with E-state index < -0.39 is 0 Å². The Balaban J connectivity index is 1.39. The highest BCUT2D eigenvalue weighted by Crippen LogP contribution is 2.32. The molecule has 1 aromatic heterocycles. The van der Waals surface area contributed by atoms with Crippen LogP contribution in [0.1, 0.15) is 25.3 Å². The molecule has 0 spiro atoms. The maximum absolute atomic E-state index is 13.9. The molecular weight excluding hydrogens is 588 g/mol. The first kappa shape index (κ1) is 29.5. The van der Waals surface area contributed by atoms with Crippen LogP contribution in [0.4, 0.5) is 5.69 Å². The second-order valence-corrected chi connectivity index (χ2v) is 11.7. The van der Waals surface area contributed by atoms with E-state index in [1.807, 2.05) is 126 Å². The van der Waals surface area contributed by atoms with Crippen LogP contribution in [0.3, 0.4) is 0 Å². The average molecular weight is 619 g/mol. The van der Waals surface area contributed by atoms with Crippen molar-refractivity contribution in [1.82, 2.24) is 9.78 Å². The van der Waals surface area contributed by atoms with Gasteiger partial charge in [-0.25, -0.2) is 4.68 Å². The minimum Gasteiger partial charge on any atom is -0.494 e. The Bertz CT molecular complexity index is 1780. The van der Waals surface area contributed by atoms with Gasteiger partial charge >= 0.3 is 0 Å². The highest BCUT2D eigenvalue weighted by Gasteiger charge is 2.31. The lowest BCUT2D eigenvalue weighted by atomic mass is 10.0. The fraction of sp³-hybridized carbons (Fsp3) is 0.139. The zero-order valence-electron chi connectivity index (χ0n) is 24.3. The van der Waals surface area contributed by atoms with Crippen molar-refractivity contribution < 1.29 is 9.53 Å². The highest BCUT2D eigenvalue weighted by molar-refractivity contribution is 8.00. The van der Waals surface area contributed by atoms with Gasteiger partial charge in [-0.2, -0.15) is 15.2 Å². The predicted molar refractivity (Wildman–Crippen MR) is 181 cm³/mol. The highest BCUT2D eigenvalue weighted by atomic mass is 35.5. The molecule has 1 aliphatic heterocycles. The maximum atomic E-state index is 13.9. The van der Waals surface area contributed by atoms with Gasteiger partial charge in [-0.05, 0) is 85.3 Å². The summed E-state index contributed by atoms with van der Waals surface area (Å²) >= 11 is 7.71. The molecule has 220 valence electrons. The molecule has 1 aliphatic rings. The molecule has 0 atom stereocenters. The lowest BCUT2D eigenvalue weighted by molar-refractivity contribution is -0.114. The van der Waals surface area contributed by atoms with E-state index in [1.165, 1.54) is 5.01 Å². The molecule has 44 heavy (non-hydrogen) atoms. The zero-order chi connectivity index (χ0) is 30.3. The molecule has 1 amide bonds. The number of aromatic nitrogens is 2. The van der Waals surface area contributed by atoms with Crippen molar-refractivity contribution in [2.75, 3.05) is 17.4 Å². The first-order valence-electron chi connectivity index (χ1n) is 14.5. The Morgan fingerprint density at radius 2 is 1.55 bits per heavy atom. The number of nitrogens with zero attached hydrogens (tertiary/aromatic N) is 4. The van der Waals surface area contributed by atoms with Gasteiger partial charge in [-0.15, -0.1) is 11.8 Å². The zero-order valence-corrected chi connectivity index (χ0v) is 25.8. The van der Waals surface area contributed by atoms with Gasteiger partial charge in [-0.1, -0.05) is 61.3 Å². The van der Waals surface area contributed by atoms with Gasteiger partial charge in [0.2, 0.25) is 0 Å². The Kier molecular flexibility index (Phi) is 9.25. The predicted octanol–water partition coefficient (Wildman–Crippen LogP) is 8.95. The average Bonchev–Trinajstić information content (AvgIpc) is 3.63. The number of carbonyl (C=O) groups is 1. The van der Waals surface area contributed by atoms with Crippen LogP contribution in [0.2, 0.25) is 5.02 Å². The molecule has 6 nitrogen and oxygen atoms in total.